The third-order valence-electron chi connectivity index (χ3n) is 2.04. The molecule has 76 valence electrons. The van der Waals surface area contributed by atoms with Crippen LogP contribution < -0.4 is 5.32 Å². The second kappa shape index (κ2) is 7.27. The normalized spacial score (nSPS) is 10.9. The summed E-state index contributed by atoms with van der Waals surface area (Å²) in [4.78, 5) is 4.05. The van der Waals surface area contributed by atoms with E-state index in [1.54, 1.807) is 6.20 Å². The Balaban J connectivity index is 2.15. The Labute approximate surface area is 86.1 Å². The Morgan fingerprint density at radius 3 is 3.07 bits per heavy atom. The fraction of sp³-hybridized carbons (Fsp3) is 0.417. The maximum atomic E-state index is 4.05. The highest BCUT2D eigenvalue weighted by atomic mass is 14.8. The van der Waals surface area contributed by atoms with Crippen molar-refractivity contribution in [3.63, 3.8) is 0 Å². The van der Waals surface area contributed by atoms with E-state index in [1.807, 2.05) is 19.3 Å². The summed E-state index contributed by atoms with van der Waals surface area (Å²) in [6, 6.07) is 4.03. The lowest BCUT2D eigenvalue weighted by Crippen LogP contribution is -2.06. The first-order chi connectivity index (χ1) is 6.93. The number of nitrogens with zero attached hydrogens (tertiary/aromatic N) is 1. The van der Waals surface area contributed by atoms with Gasteiger partial charge in [-0.2, -0.15) is 0 Å². The van der Waals surface area contributed by atoms with Crippen LogP contribution in [0.3, 0.4) is 0 Å². The predicted octanol–water partition coefficient (Wildman–Crippen LogP) is 2.48. The van der Waals surface area contributed by atoms with Crippen molar-refractivity contribution < 1.29 is 0 Å². The molecule has 1 aromatic rings. The summed E-state index contributed by atoms with van der Waals surface area (Å²) in [6.45, 7) is 1.11. The van der Waals surface area contributed by atoms with Gasteiger partial charge in [-0.15, -0.1) is 0 Å². The third kappa shape index (κ3) is 4.77. The van der Waals surface area contributed by atoms with E-state index in [1.165, 1.54) is 18.4 Å². The van der Waals surface area contributed by atoms with Gasteiger partial charge < -0.3 is 5.32 Å². The first kappa shape index (κ1) is 10.9. The molecular weight excluding hydrogens is 172 g/mol. The maximum Gasteiger partial charge on any atom is 0.0340 e. The summed E-state index contributed by atoms with van der Waals surface area (Å²) in [7, 11) is 1.99. The largest absolute Gasteiger partial charge is 0.320 e. The fourth-order valence-electron chi connectivity index (χ4n) is 1.26. The van der Waals surface area contributed by atoms with E-state index in [2.05, 4.69) is 28.5 Å². The molecule has 0 amide bonds. The number of unbranched alkanes of at least 4 members (excludes halogenated alkanes) is 2. The predicted molar refractivity (Wildman–Crippen MR) is 61.0 cm³/mol. The molecule has 1 heterocycles. The van der Waals surface area contributed by atoms with E-state index in [0.29, 0.717) is 0 Å². The summed E-state index contributed by atoms with van der Waals surface area (Å²) in [5, 5.41) is 3.14. The highest BCUT2D eigenvalue weighted by molar-refractivity contribution is 5.46. The topological polar surface area (TPSA) is 24.9 Å². The van der Waals surface area contributed by atoms with Gasteiger partial charge in [-0.1, -0.05) is 18.2 Å². The van der Waals surface area contributed by atoms with Gasteiger partial charge in [0, 0.05) is 12.4 Å². The van der Waals surface area contributed by atoms with Crippen molar-refractivity contribution in [2.24, 2.45) is 0 Å². The van der Waals surface area contributed by atoms with E-state index in [0.717, 1.165) is 13.0 Å². The first-order valence-corrected chi connectivity index (χ1v) is 5.14. The Kier molecular flexibility index (Phi) is 5.68. The van der Waals surface area contributed by atoms with E-state index in [9.17, 15) is 0 Å². The van der Waals surface area contributed by atoms with Gasteiger partial charge in [0.1, 0.15) is 0 Å². The van der Waals surface area contributed by atoms with Crippen molar-refractivity contribution in [2.45, 2.75) is 19.3 Å². The number of rotatable bonds is 6. The van der Waals surface area contributed by atoms with Crippen molar-refractivity contribution in [3.05, 3.63) is 36.2 Å². The van der Waals surface area contributed by atoms with Gasteiger partial charge in [-0.25, -0.2) is 0 Å². The molecule has 2 nitrogen and oxygen atoms in total. The molecule has 0 fully saturated rings. The van der Waals surface area contributed by atoms with Gasteiger partial charge >= 0.3 is 0 Å². The van der Waals surface area contributed by atoms with Gasteiger partial charge in [0.2, 0.25) is 0 Å². The molecule has 1 aromatic heterocycles. The molecule has 0 aliphatic rings. The first-order valence-electron chi connectivity index (χ1n) is 5.14. The zero-order valence-electron chi connectivity index (χ0n) is 8.74. The lowest BCUT2D eigenvalue weighted by Gasteiger charge is -1.95. The molecule has 0 unspecified atom stereocenters. The van der Waals surface area contributed by atoms with E-state index in [4.69, 9.17) is 0 Å². The van der Waals surface area contributed by atoms with E-state index < -0.39 is 0 Å². The van der Waals surface area contributed by atoms with Crippen LogP contribution in [0.15, 0.2) is 30.6 Å². The Bertz CT molecular complexity index is 254. The fourth-order valence-corrected chi connectivity index (χ4v) is 1.26. The summed E-state index contributed by atoms with van der Waals surface area (Å²) in [6.07, 6.45) is 11.7. The average Bonchev–Trinajstić information content (AvgIpc) is 2.25. The van der Waals surface area contributed by atoms with Crippen LogP contribution in [0.5, 0.6) is 0 Å². The van der Waals surface area contributed by atoms with Crippen LogP contribution in [-0.2, 0) is 0 Å². The number of pyridine rings is 1. The Hall–Kier alpha value is -1.15. The van der Waals surface area contributed by atoms with Crippen molar-refractivity contribution in [3.8, 4) is 0 Å². The van der Waals surface area contributed by atoms with Crippen LogP contribution in [0, 0.1) is 0 Å². The monoisotopic (exact) mass is 190 g/mol. The van der Waals surface area contributed by atoms with Gasteiger partial charge in [-0.05, 0) is 44.5 Å². The molecule has 0 saturated carbocycles. The molecule has 14 heavy (non-hydrogen) atoms. The van der Waals surface area contributed by atoms with Crippen molar-refractivity contribution in [2.75, 3.05) is 13.6 Å². The summed E-state index contributed by atoms with van der Waals surface area (Å²) in [5.74, 6) is 0. The molecule has 0 saturated heterocycles. The Morgan fingerprint density at radius 2 is 2.36 bits per heavy atom. The average molecular weight is 190 g/mol. The standard InChI is InChI=1S/C12H18N2/c1-13-9-5-3-2-4-7-12-8-6-10-14-11-12/h4,6-8,10-11,13H,2-3,5,9H2,1H3/b7-4-. The maximum absolute atomic E-state index is 4.05. The van der Waals surface area contributed by atoms with Crippen LogP contribution >= 0.6 is 0 Å². The second-order valence-corrected chi connectivity index (χ2v) is 3.29. The number of hydrogen-bond acceptors (Lipinski definition) is 2. The number of nitrogens with one attached hydrogen (secondary N) is 1. The van der Waals surface area contributed by atoms with Gasteiger partial charge in [-0.3, -0.25) is 4.98 Å². The minimum absolute atomic E-state index is 1.11. The summed E-state index contributed by atoms with van der Waals surface area (Å²) < 4.78 is 0. The van der Waals surface area contributed by atoms with Gasteiger partial charge in [0.05, 0.1) is 0 Å². The highest BCUT2D eigenvalue weighted by Gasteiger charge is 1.85. The molecule has 0 spiro atoms. The molecule has 0 radical (unpaired) electrons. The number of aromatic nitrogens is 1. The second-order valence-electron chi connectivity index (χ2n) is 3.29. The van der Waals surface area contributed by atoms with E-state index in [-0.39, 0.29) is 0 Å². The van der Waals surface area contributed by atoms with E-state index >= 15 is 0 Å². The number of allylic oxidation sites excluding steroid dienone is 1. The Morgan fingerprint density at radius 1 is 1.43 bits per heavy atom. The third-order valence-corrected chi connectivity index (χ3v) is 2.04. The van der Waals surface area contributed by atoms with Gasteiger partial charge in [0.15, 0.2) is 0 Å². The molecule has 0 aliphatic carbocycles. The molecule has 0 bridgehead atoms. The summed E-state index contributed by atoms with van der Waals surface area (Å²) >= 11 is 0. The lowest BCUT2D eigenvalue weighted by atomic mass is 10.2. The highest BCUT2D eigenvalue weighted by Crippen LogP contribution is 2.02. The van der Waals surface area contributed by atoms with Crippen LogP contribution in [0.25, 0.3) is 6.08 Å². The minimum Gasteiger partial charge on any atom is -0.320 e. The molecule has 2 heteroatoms. The number of hydrogen-bond donors (Lipinski definition) is 1. The zero-order chi connectivity index (χ0) is 10.1. The van der Waals surface area contributed by atoms with Crippen molar-refractivity contribution >= 4 is 6.08 Å². The van der Waals surface area contributed by atoms with Gasteiger partial charge in [0.25, 0.3) is 0 Å². The zero-order valence-corrected chi connectivity index (χ0v) is 8.74. The van der Waals surface area contributed by atoms with Crippen LogP contribution in [0.1, 0.15) is 24.8 Å². The molecule has 0 atom stereocenters. The van der Waals surface area contributed by atoms with Crippen LogP contribution in [0.2, 0.25) is 0 Å². The molecule has 0 aromatic carbocycles. The van der Waals surface area contributed by atoms with Crippen LogP contribution in [0.4, 0.5) is 0 Å². The van der Waals surface area contributed by atoms with Crippen LogP contribution in [-0.4, -0.2) is 18.6 Å². The van der Waals surface area contributed by atoms with Crippen molar-refractivity contribution in [1.82, 2.24) is 10.3 Å². The molecule has 1 rings (SSSR count). The summed E-state index contributed by atoms with van der Waals surface area (Å²) in [5.41, 5.74) is 1.18. The SMILES string of the molecule is CNCCCC/C=C\c1cccnc1. The van der Waals surface area contributed by atoms with Crippen molar-refractivity contribution in [1.29, 1.82) is 0 Å². The molecule has 1 N–H and O–H groups in total. The molecular formula is C12H18N2. The smallest absolute Gasteiger partial charge is 0.0340 e. The lowest BCUT2D eigenvalue weighted by molar-refractivity contribution is 0.685. The minimum atomic E-state index is 1.11. The quantitative estimate of drug-likeness (QED) is 0.697. The molecule has 0 aliphatic heterocycles.